The predicted molar refractivity (Wildman–Crippen MR) is 166 cm³/mol. The molecule has 0 fully saturated rings. The lowest BCUT2D eigenvalue weighted by atomic mass is 9.98. The van der Waals surface area contributed by atoms with Gasteiger partial charge in [-0.15, -0.1) is 0 Å². The van der Waals surface area contributed by atoms with E-state index in [1.165, 1.54) is 180 Å². The van der Waals surface area contributed by atoms with E-state index in [9.17, 15) is 0 Å². The maximum absolute atomic E-state index is 2.51. The summed E-state index contributed by atoms with van der Waals surface area (Å²) in [5.74, 6) is 0. The first-order valence-corrected chi connectivity index (χ1v) is 17.3. The molecule has 0 aliphatic carbocycles. The third-order valence-electron chi connectivity index (χ3n) is 8.32. The van der Waals surface area contributed by atoms with Gasteiger partial charge in [-0.1, -0.05) is 156 Å². The Bertz CT molecular complexity index is 592. The molecule has 0 amide bonds. The molecule has 0 spiro atoms. The van der Waals surface area contributed by atoms with Gasteiger partial charge in [0.2, 0.25) is 0 Å². The summed E-state index contributed by atoms with van der Waals surface area (Å²) in [4.78, 5) is 0. The molecule has 0 aromatic carbocycles. The molecule has 0 aliphatic rings. The van der Waals surface area contributed by atoms with Crippen molar-refractivity contribution in [2.24, 2.45) is 0 Å². The van der Waals surface area contributed by atoms with Crippen molar-refractivity contribution in [2.75, 3.05) is 0 Å². The van der Waals surface area contributed by atoms with Crippen molar-refractivity contribution in [3.05, 3.63) is 29.6 Å². The van der Waals surface area contributed by atoms with Crippen LogP contribution in [0.4, 0.5) is 0 Å². The number of aryl methyl sites for hydroxylation is 3. The first kappa shape index (κ1) is 34.2. The Hall–Kier alpha value is -0.850. The minimum atomic E-state index is 1.21. The summed E-state index contributed by atoms with van der Waals surface area (Å²) in [6.07, 6.45) is 43.0. The molecule has 1 heteroatoms. The number of unbranched alkanes of at least 4 members (excludes halogenated alkanes) is 22. The highest BCUT2D eigenvalue weighted by Crippen LogP contribution is 2.16. The quantitative estimate of drug-likeness (QED) is 0.0773. The highest BCUT2D eigenvalue weighted by Gasteiger charge is 2.10. The van der Waals surface area contributed by atoms with Crippen LogP contribution in [0, 0.1) is 0 Å². The molecular formula is C36H68N+. The molecule has 0 bridgehead atoms. The number of nitrogens with zero attached hydrogens (tertiary/aromatic N) is 1. The molecule has 1 rings (SSSR count). The average Bonchev–Trinajstić information content (AvgIpc) is 2.91. The lowest BCUT2D eigenvalue weighted by Crippen LogP contribution is -2.34. The number of rotatable bonds is 28. The second-order valence-corrected chi connectivity index (χ2v) is 12.0. The van der Waals surface area contributed by atoms with Crippen LogP contribution in [0.25, 0.3) is 0 Å². The molecule has 37 heavy (non-hydrogen) atoms. The van der Waals surface area contributed by atoms with E-state index >= 15 is 0 Å². The minimum absolute atomic E-state index is 1.21. The van der Waals surface area contributed by atoms with Crippen LogP contribution in [0.5, 0.6) is 0 Å². The third kappa shape index (κ3) is 20.7. The van der Waals surface area contributed by atoms with Crippen molar-refractivity contribution < 1.29 is 4.57 Å². The Morgan fingerprint density at radius 1 is 0.405 bits per heavy atom. The molecule has 0 unspecified atom stereocenters. The Morgan fingerprint density at radius 2 is 0.757 bits per heavy atom. The van der Waals surface area contributed by atoms with Gasteiger partial charge in [0.05, 0.1) is 0 Å². The van der Waals surface area contributed by atoms with Crippen LogP contribution in [0.1, 0.15) is 192 Å². The maximum Gasteiger partial charge on any atom is 0.172 e. The molecule has 0 N–H and O–H groups in total. The highest BCUT2D eigenvalue weighted by atomic mass is 14.9. The van der Waals surface area contributed by atoms with E-state index in [-0.39, 0.29) is 0 Å². The third-order valence-corrected chi connectivity index (χ3v) is 8.32. The Kier molecular flexibility index (Phi) is 24.7. The normalized spacial score (nSPS) is 11.4. The van der Waals surface area contributed by atoms with E-state index in [1.807, 2.05) is 0 Å². The fourth-order valence-corrected chi connectivity index (χ4v) is 5.73. The van der Waals surface area contributed by atoms with Crippen molar-refractivity contribution in [3.8, 4) is 0 Å². The summed E-state index contributed by atoms with van der Waals surface area (Å²) >= 11 is 0. The van der Waals surface area contributed by atoms with Crippen molar-refractivity contribution in [1.29, 1.82) is 0 Å². The van der Waals surface area contributed by atoms with Crippen molar-refractivity contribution >= 4 is 0 Å². The van der Waals surface area contributed by atoms with E-state index in [2.05, 4.69) is 43.8 Å². The van der Waals surface area contributed by atoms with Crippen LogP contribution >= 0.6 is 0 Å². The smallest absolute Gasteiger partial charge is 0.172 e. The van der Waals surface area contributed by atoms with Crippen LogP contribution in [0.3, 0.4) is 0 Å². The molecule has 0 aliphatic heterocycles. The van der Waals surface area contributed by atoms with Gasteiger partial charge in [-0.05, 0) is 37.7 Å². The Morgan fingerprint density at radius 3 is 1.19 bits per heavy atom. The van der Waals surface area contributed by atoms with Gasteiger partial charge in [-0.25, -0.2) is 4.57 Å². The standard InChI is InChI=1S/C36H68N/c1-4-7-10-13-14-15-16-17-18-19-20-21-22-23-24-25-28-32-37-33-31-35(29-26-11-8-5-2)36(34-37)30-27-12-9-6-3/h31,33-34H,4-30,32H2,1-3H3/q+1. The molecule has 0 radical (unpaired) electrons. The fraction of sp³-hybridized carbons (Fsp3) is 0.861. The number of aromatic nitrogens is 1. The lowest BCUT2D eigenvalue weighted by Gasteiger charge is -2.09. The molecule has 1 aromatic rings. The number of pyridine rings is 1. The van der Waals surface area contributed by atoms with Gasteiger partial charge in [0.15, 0.2) is 12.4 Å². The summed E-state index contributed by atoms with van der Waals surface area (Å²) in [7, 11) is 0. The van der Waals surface area contributed by atoms with Crippen LogP contribution in [0.15, 0.2) is 18.5 Å². The topological polar surface area (TPSA) is 3.88 Å². The fourth-order valence-electron chi connectivity index (χ4n) is 5.73. The minimum Gasteiger partial charge on any atom is -0.205 e. The number of hydrogen-bond acceptors (Lipinski definition) is 0. The molecular weight excluding hydrogens is 446 g/mol. The molecule has 0 saturated heterocycles. The van der Waals surface area contributed by atoms with Crippen molar-refractivity contribution in [1.82, 2.24) is 0 Å². The molecule has 0 saturated carbocycles. The van der Waals surface area contributed by atoms with Crippen LogP contribution in [-0.4, -0.2) is 0 Å². The average molecular weight is 515 g/mol. The predicted octanol–water partition coefficient (Wildman–Crippen LogP) is 11.9. The zero-order valence-corrected chi connectivity index (χ0v) is 26.0. The Labute approximate surface area is 234 Å². The van der Waals surface area contributed by atoms with Gasteiger partial charge in [0.25, 0.3) is 0 Å². The summed E-state index contributed by atoms with van der Waals surface area (Å²) in [5.41, 5.74) is 3.27. The van der Waals surface area contributed by atoms with Crippen molar-refractivity contribution in [2.45, 2.75) is 201 Å². The van der Waals surface area contributed by atoms with Gasteiger partial charge in [0, 0.05) is 18.1 Å². The molecule has 1 nitrogen and oxygen atoms in total. The summed E-state index contributed by atoms with van der Waals surface area (Å²) in [6.45, 7) is 8.13. The van der Waals surface area contributed by atoms with Gasteiger partial charge in [-0.2, -0.15) is 0 Å². The Balaban J connectivity index is 2.09. The van der Waals surface area contributed by atoms with Gasteiger partial charge >= 0.3 is 0 Å². The zero-order valence-electron chi connectivity index (χ0n) is 26.0. The number of hydrogen-bond donors (Lipinski definition) is 0. The van der Waals surface area contributed by atoms with Gasteiger partial charge in [0.1, 0.15) is 6.54 Å². The van der Waals surface area contributed by atoms with Crippen molar-refractivity contribution in [3.63, 3.8) is 0 Å². The molecule has 0 atom stereocenters. The van der Waals surface area contributed by atoms with Crippen LogP contribution < -0.4 is 4.57 Å². The van der Waals surface area contributed by atoms with Gasteiger partial charge < -0.3 is 0 Å². The molecule has 1 aromatic heterocycles. The SMILES string of the molecule is CCCCCCCCCCCCCCCCCCC[n+]1ccc(CCCCCC)c(CCCCCC)c1. The first-order valence-electron chi connectivity index (χ1n) is 17.3. The molecule has 1 heterocycles. The largest absolute Gasteiger partial charge is 0.205 e. The first-order chi connectivity index (χ1) is 18.3. The van der Waals surface area contributed by atoms with E-state index in [0.717, 1.165) is 0 Å². The van der Waals surface area contributed by atoms with Crippen LogP contribution in [-0.2, 0) is 19.4 Å². The summed E-state index contributed by atoms with van der Waals surface area (Å²) in [5, 5.41) is 0. The summed E-state index contributed by atoms with van der Waals surface area (Å²) in [6, 6.07) is 2.45. The van der Waals surface area contributed by atoms with Gasteiger partial charge in [-0.3, -0.25) is 0 Å². The van der Waals surface area contributed by atoms with E-state index in [1.54, 1.807) is 11.1 Å². The van der Waals surface area contributed by atoms with E-state index in [0.29, 0.717) is 0 Å². The maximum atomic E-state index is 2.51. The van der Waals surface area contributed by atoms with E-state index in [4.69, 9.17) is 0 Å². The summed E-state index contributed by atoms with van der Waals surface area (Å²) < 4.78 is 2.50. The van der Waals surface area contributed by atoms with Crippen LogP contribution in [0.2, 0.25) is 0 Å². The molecule has 216 valence electrons. The zero-order chi connectivity index (χ0) is 26.7. The van der Waals surface area contributed by atoms with E-state index < -0.39 is 0 Å². The second kappa shape index (κ2) is 26.7. The second-order valence-electron chi connectivity index (χ2n) is 12.0. The highest BCUT2D eigenvalue weighted by molar-refractivity contribution is 5.21. The lowest BCUT2D eigenvalue weighted by molar-refractivity contribution is -0.697. The monoisotopic (exact) mass is 515 g/mol.